The van der Waals surface area contributed by atoms with Crippen molar-refractivity contribution < 1.29 is 14.3 Å². The molecule has 4 aliphatic rings. The number of likely N-dealkylation sites (tertiary alicyclic amines) is 2. The highest BCUT2D eigenvalue weighted by molar-refractivity contribution is 6.05. The minimum atomic E-state index is 0.0265. The Morgan fingerprint density at radius 3 is 2.44 bits per heavy atom. The van der Waals surface area contributed by atoms with Crippen LogP contribution in [0.3, 0.4) is 0 Å². The molecule has 1 aliphatic carbocycles. The van der Waals surface area contributed by atoms with Gasteiger partial charge in [0, 0.05) is 73.0 Å². The second-order valence-electron chi connectivity index (χ2n) is 14.5. The van der Waals surface area contributed by atoms with E-state index in [2.05, 4.69) is 36.4 Å². The first-order valence-electron chi connectivity index (χ1n) is 17.5. The molecule has 0 bridgehead atoms. The van der Waals surface area contributed by atoms with Gasteiger partial charge in [-0.2, -0.15) is 0 Å². The van der Waals surface area contributed by atoms with Crippen LogP contribution in [-0.2, 0) is 9.53 Å². The lowest BCUT2D eigenvalue weighted by Gasteiger charge is -2.54. The third-order valence-electron chi connectivity index (χ3n) is 11.2. The lowest BCUT2D eigenvalue weighted by Crippen LogP contribution is -2.61. The maximum atomic E-state index is 12.2. The van der Waals surface area contributed by atoms with E-state index in [4.69, 9.17) is 30.6 Å². The van der Waals surface area contributed by atoms with Gasteiger partial charge in [0.1, 0.15) is 23.8 Å². The van der Waals surface area contributed by atoms with Gasteiger partial charge in [-0.25, -0.2) is 9.97 Å². The SMILES string of the molecule is C=CC(=O)N1CC2(CCN(c3nc(C4CCN(C)CC4)nc4c(OCCOC)c(-c5c(C)ccc(N)c5C=N)c(C5CC5)cc34)CC2)C1. The molecule has 254 valence electrons. The van der Waals surface area contributed by atoms with Gasteiger partial charge in [-0.15, -0.1) is 0 Å². The highest BCUT2D eigenvalue weighted by atomic mass is 16.5. The highest BCUT2D eigenvalue weighted by Crippen LogP contribution is 2.53. The number of anilines is 2. The number of methoxy groups -OCH3 is 1. The number of nitrogens with zero attached hydrogens (tertiary/aromatic N) is 5. The van der Waals surface area contributed by atoms with Crippen LogP contribution in [0, 0.1) is 17.7 Å². The topological polar surface area (TPSA) is 121 Å². The number of nitrogen functional groups attached to an aromatic ring is 1. The lowest BCUT2D eigenvalue weighted by molar-refractivity contribution is -0.139. The molecular formula is C38H49N7O3. The minimum absolute atomic E-state index is 0.0265. The zero-order chi connectivity index (χ0) is 33.6. The first-order chi connectivity index (χ1) is 23.3. The van der Waals surface area contributed by atoms with Crippen molar-refractivity contribution in [1.82, 2.24) is 19.8 Å². The number of rotatable bonds is 10. The third kappa shape index (κ3) is 5.94. The van der Waals surface area contributed by atoms with E-state index in [0.717, 1.165) is 123 Å². The number of fused-ring (bicyclic) bond motifs is 1. The fourth-order valence-electron chi connectivity index (χ4n) is 8.08. The van der Waals surface area contributed by atoms with E-state index in [0.29, 0.717) is 30.4 Å². The van der Waals surface area contributed by atoms with Crippen LogP contribution in [0.2, 0.25) is 0 Å². The maximum absolute atomic E-state index is 12.2. The van der Waals surface area contributed by atoms with Gasteiger partial charge in [0.2, 0.25) is 5.91 Å². The van der Waals surface area contributed by atoms with Gasteiger partial charge in [0.15, 0.2) is 5.75 Å². The molecule has 1 spiro atoms. The lowest BCUT2D eigenvalue weighted by atomic mass is 9.72. The number of benzene rings is 2. The molecule has 3 saturated heterocycles. The molecule has 1 saturated carbocycles. The molecule has 4 fully saturated rings. The largest absolute Gasteiger partial charge is 0.488 e. The van der Waals surface area contributed by atoms with Gasteiger partial charge >= 0.3 is 0 Å². The molecule has 1 aromatic heterocycles. The molecular weight excluding hydrogens is 602 g/mol. The van der Waals surface area contributed by atoms with Gasteiger partial charge in [-0.3, -0.25) is 4.79 Å². The summed E-state index contributed by atoms with van der Waals surface area (Å²) in [5.74, 6) is 3.29. The summed E-state index contributed by atoms with van der Waals surface area (Å²) in [7, 11) is 3.87. The highest BCUT2D eigenvalue weighted by Gasteiger charge is 2.46. The van der Waals surface area contributed by atoms with Crippen molar-refractivity contribution >= 4 is 34.5 Å². The average Bonchev–Trinajstić information content (AvgIpc) is 3.93. The quantitative estimate of drug-likeness (QED) is 0.127. The van der Waals surface area contributed by atoms with Crippen LogP contribution in [-0.4, -0.2) is 98.5 Å². The second-order valence-corrected chi connectivity index (χ2v) is 14.5. The molecule has 48 heavy (non-hydrogen) atoms. The predicted octanol–water partition coefficient (Wildman–Crippen LogP) is 5.51. The summed E-state index contributed by atoms with van der Waals surface area (Å²) in [6.07, 6.45) is 9.06. The number of nitrogens with two attached hydrogens (primary N) is 1. The summed E-state index contributed by atoms with van der Waals surface area (Å²) >= 11 is 0. The molecule has 2 aromatic carbocycles. The number of nitrogens with one attached hydrogen (secondary N) is 1. The van der Waals surface area contributed by atoms with E-state index in [-0.39, 0.29) is 17.2 Å². The van der Waals surface area contributed by atoms with E-state index in [9.17, 15) is 4.79 Å². The number of piperidine rings is 2. The van der Waals surface area contributed by atoms with E-state index < -0.39 is 0 Å². The van der Waals surface area contributed by atoms with Crippen molar-refractivity contribution in [2.45, 2.75) is 57.3 Å². The molecule has 4 heterocycles. The number of aryl methyl sites for hydroxylation is 1. The van der Waals surface area contributed by atoms with Crippen molar-refractivity contribution in [2.24, 2.45) is 5.41 Å². The van der Waals surface area contributed by atoms with Gasteiger partial charge in [0.25, 0.3) is 0 Å². The zero-order valence-corrected chi connectivity index (χ0v) is 28.7. The van der Waals surface area contributed by atoms with Crippen LogP contribution in [0.4, 0.5) is 11.5 Å². The van der Waals surface area contributed by atoms with Crippen LogP contribution >= 0.6 is 0 Å². The molecule has 0 unspecified atom stereocenters. The summed E-state index contributed by atoms with van der Waals surface area (Å²) in [6.45, 7) is 12.0. The molecule has 3 N–H and O–H groups in total. The van der Waals surface area contributed by atoms with Gasteiger partial charge < -0.3 is 35.3 Å². The zero-order valence-electron chi connectivity index (χ0n) is 28.7. The van der Waals surface area contributed by atoms with Crippen LogP contribution in [0.1, 0.15) is 72.9 Å². The average molecular weight is 652 g/mol. The van der Waals surface area contributed by atoms with Crippen molar-refractivity contribution in [1.29, 1.82) is 5.41 Å². The molecule has 10 heteroatoms. The summed E-state index contributed by atoms with van der Waals surface area (Å²) in [4.78, 5) is 29.8. The number of carbonyl (C=O) groups is 1. The van der Waals surface area contributed by atoms with Crippen molar-refractivity contribution in [3.63, 3.8) is 0 Å². The summed E-state index contributed by atoms with van der Waals surface area (Å²) in [6, 6.07) is 6.26. The van der Waals surface area contributed by atoms with Crippen molar-refractivity contribution in [3.8, 4) is 16.9 Å². The fourth-order valence-corrected chi connectivity index (χ4v) is 8.08. The standard InChI is InChI=1S/C38H49N7O3/c1-5-31(46)45-22-38(23-45)12-16-44(17-13-38)37-28-20-27(25-7-8-25)33(32-24(2)6-9-30(40)29(32)21-39)35(48-19-18-47-4)34(28)41-36(42-37)26-10-14-43(3)15-11-26/h5-6,9,20-21,25-26,39H,1,7-8,10-19,22-23,40H2,2-4H3. The van der Waals surface area contributed by atoms with Crippen LogP contribution < -0.4 is 15.4 Å². The Morgan fingerprint density at radius 1 is 1.06 bits per heavy atom. The van der Waals surface area contributed by atoms with E-state index in [1.165, 1.54) is 17.9 Å². The molecule has 0 radical (unpaired) electrons. The molecule has 3 aromatic rings. The Hall–Kier alpha value is -4.02. The van der Waals surface area contributed by atoms with Gasteiger partial charge in [-0.05, 0) is 106 Å². The first kappa shape index (κ1) is 32.5. The van der Waals surface area contributed by atoms with E-state index in [1.807, 2.05) is 17.0 Å². The summed E-state index contributed by atoms with van der Waals surface area (Å²) < 4.78 is 12.2. The number of hydrogen-bond donors (Lipinski definition) is 2. The maximum Gasteiger partial charge on any atom is 0.245 e. The third-order valence-corrected chi connectivity index (χ3v) is 11.2. The van der Waals surface area contributed by atoms with Crippen LogP contribution in [0.5, 0.6) is 5.75 Å². The Kier molecular flexibility index (Phi) is 8.89. The number of aromatic nitrogens is 2. The Labute approximate surface area is 283 Å². The van der Waals surface area contributed by atoms with E-state index >= 15 is 0 Å². The summed E-state index contributed by atoms with van der Waals surface area (Å²) in [5, 5.41) is 9.41. The van der Waals surface area contributed by atoms with E-state index in [1.54, 1.807) is 7.11 Å². The molecule has 7 rings (SSSR count). The van der Waals surface area contributed by atoms with Crippen molar-refractivity contribution in [2.75, 3.05) is 77.3 Å². The smallest absolute Gasteiger partial charge is 0.245 e. The van der Waals surface area contributed by atoms with Gasteiger partial charge in [-0.1, -0.05) is 12.6 Å². The number of carbonyl (C=O) groups excluding carboxylic acids is 1. The molecule has 10 nitrogen and oxygen atoms in total. The van der Waals surface area contributed by atoms with Crippen molar-refractivity contribution in [3.05, 3.63) is 53.4 Å². The number of amides is 1. The Bertz CT molecular complexity index is 1730. The molecule has 3 aliphatic heterocycles. The minimum Gasteiger partial charge on any atom is -0.488 e. The summed E-state index contributed by atoms with van der Waals surface area (Å²) in [5.41, 5.74) is 13.0. The number of ether oxygens (including phenoxy) is 2. The first-order valence-corrected chi connectivity index (χ1v) is 17.5. The Morgan fingerprint density at radius 2 is 1.79 bits per heavy atom. The van der Waals surface area contributed by atoms with Crippen LogP contribution in [0.15, 0.2) is 30.9 Å². The molecule has 0 atom stereocenters. The fraction of sp³-hybridized carbons (Fsp3) is 0.526. The van der Waals surface area contributed by atoms with Crippen LogP contribution in [0.25, 0.3) is 22.0 Å². The Balaban J connectivity index is 1.40. The second kappa shape index (κ2) is 13.1. The molecule has 1 amide bonds. The predicted molar refractivity (Wildman–Crippen MR) is 191 cm³/mol. The monoisotopic (exact) mass is 651 g/mol. The normalized spacial score (nSPS) is 19.8. The number of hydrogen-bond acceptors (Lipinski definition) is 9. The van der Waals surface area contributed by atoms with Gasteiger partial charge in [0.05, 0.1) is 6.61 Å².